The SMILES string of the molecule is CCc1cc(Br)cc(CCN)c1. The van der Waals surface area contributed by atoms with Gasteiger partial charge in [0.05, 0.1) is 0 Å². The summed E-state index contributed by atoms with van der Waals surface area (Å²) in [5.41, 5.74) is 8.18. The third-order valence-electron chi connectivity index (χ3n) is 1.86. The molecular weight excluding hydrogens is 214 g/mol. The Labute approximate surface area is 82.1 Å². The van der Waals surface area contributed by atoms with Crippen molar-refractivity contribution in [2.45, 2.75) is 19.8 Å². The van der Waals surface area contributed by atoms with Crippen LogP contribution in [0.15, 0.2) is 22.7 Å². The molecule has 0 amide bonds. The Bertz CT molecular complexity index is 258. The largest absolute Gasteiger partial charge is 0.330 e. The minimum atomic E-state index is 0.722. The van der Waals surface area contributed by atoms with Gasteiger partial charge in [0.1, 0.15) is 0 Å². The molecule has 0 radical (unpaired) electrons. The Morgan fingerprint density at radius 3 is 2.50 bits per heavy atom. The highest BCUT2D eigenvalue weighted by molar-refractivity contribution is 9.10. The van der Waals surface area contributed by atoms with Crippen LogP contribution in [0.25, 0.3) is 0 Å². The second-order valence-electron chi connectivity index (χ2n) is 2.86. The van der Waals surface area contributed by atoms with Gasteiger partial charge in [-0.05, 0) is 42.6 Å². The highest BCUT2D eigenvalue weighted by Gasteiger charge is 1.96. The van der Waals surface area contributed by atoms with Gasteiger partial charge in [0.2, 0.25) is 0 Å². The van der Waals surface area contributed by atoms with E-state index in [0.717, 1.165) is 23.9 Å². The van der Waals surface area contributed by atoms with Crippen molar-refractivity contribution in [2.75, 3.05) is 6.54 Å². The fourth-order valence-electron chi connectivity index (χ4n) is 1.23. The molecule has 66 valence electrons. The minimum Gasteiger partial charge on any atom is -0.330 e. The average molecular weight is 228 g/mol. The molecule has 0 saturated carbocycles. The first kappa shape index (κ1) is 9.75. The summed E-state index contributed by atoms with van der Waals surface area (Å²) in [4.78, 5) is 0. The van der Waals surface area contributed by atoms with Crippen molar-refractivity contribution in [1.29, 1.82) is 0 Å². The van der Waals surface area contributed by atoms with Gasteiger partial charge in [0.25, 0.3) is 0 Å². The number of hydrogen-bond donors (Lipinski definition) is 1. The predicted molar refractivity (Wildman–Crippen MR) is 56.3 cm³/mol. The van der Waals surface area contributed by atoms with Crippen molar-refractivity contribution in [3.05, 3.63) is 33.8 Å². The zero-order valence-electron chi connectivity index (χ0n) is 7.31. The summed E-state index contributed by atoms with van der Waals surface area (Å²) in [5, 5.41) is 0. The molecular formula is C10H14BrN. The fraction of sp³-hybridized carbons (Fsp3) is 0.400. The molecule has 2 heteroatoms. The lowest BCUT2D eigenvalue weighted by molar-refractivity contribution is 0.960. The summed E-state index contributed by atoms with van der Waals surface area (Å²) in [6.45, 7) is 2.88. The molecule has 0 saturated heterocycles. The van der Waals surface area contributed by atoms with Crippen molar-refractivity contribution >= 4 is 15.9 Å². The number of aryl methyl sites for hydroxylation is 1. The van der Waals surface area contributed by atoms with Gasteiger partial charge in [-0.1, -0.05) is 28.9 Å². The van der Waals surface area contributed by atoms with E-state index < -0.39 is 0 Å². The topological polar surface area (TPSA) is 26.0 Å². The quantitative estimate of drug-likeness (QED) is 0.845. The molecule has 0 atom stereocenters. The highest BCUT2D eigenvalue weighted by atomic mass is 79.9. The molecule has 0 heterocycles. The van der Waals surface area contributed by atoms with Crippen molar-refractivity contribution in [3.8, 4) is 0 Å². The Hall–Kier alpha value is -0.340. The number of halogens is 1. The van der Waals surface area contributed by atoms with E-state index in [-0.39, 0.29) is 0 Å². The molecule has 1 aromatic carbocycles. The first-order chi connectivity index (χ1) is 5.76. The van der Waals surface area contributed by atoms with Crippen molar-refractivity contribution in [1.82, 2.24) is 0 Å². The lowest BCUT2D eigenvalue weighted by Crippen LogP contribution is -2.02. The summed E-state index contributed by atoms with van der Waals surface area (Å²) >= 11 is 3.48. The van der Waals surface area contributed by atoms with Crippen LogP contribution < -0.4 is 5.73 Å². The molecule has 0 aliphatic heterocycles. The average Bonchev–Trinajstić information content (AvgIpc) is 2.04. The second-order valence-corrected chi connectivity index (χ2v) is 3.78. The van der Waals surface area contributed by atoms with Gasteiger partial charge < -0.3 is 5.73 Å². The standard InChI is InChI=1S/C10H14BrN/c1-2-8-5-9(3-4-12)7-10(11)6-8/h5-7H,2-4,12H2,1H3. The van der Waals surface area contributed by atoms with E-state index in [1.54, 1.807) is 0 Å². The molecule has 1 nitrogen and oxygen atoms in total. The second kappa shape index (κ2) is 4.63. The lowest BCUT2D eigenvalue weighted by Gasteiger charge is -2.03. The zero-order chi connectivity index (χ0) is 8.97. The number of rotatable bonds is 3. The van der Waals surface area contributed by atoms with Crippen LogP contribution in [0.1, 0.15) is 18.1 Å². The maximum atomic E-state index is 5.49. The van der Waals surface area contributed by atoms with Crippen LogP contribution in [0.4, 0.5) is 0 Å². The van der Waals surface area contributed by atoms with E-state index in [9.17, 15) is 0 Å². The molecule has 1 aromatic rings. The van der Waals surface area contributed by atoms with Gasteiger partial charge in [0, 0.05) is 4.47 Å². The first-order valence-electron chi connectivity index (χ1n) is 4.24. The van der Waals surface area contributed by atoms with Gasteiger partial charge in [0.15, 0.2) is 0 Å². The van der Waals surface area contributed by atoms with E-state index in [2.05, 4.69) is 41.1 Å². The van der Waals surface area contributed by atoms with Crippen LogP contribution in [-0.2, 0) is 12.8 Å². The van der Waals surface area contributed by atoms with Crippen LogP contribution in [-0.4, -0.2) is 6.54 Å². The summed E-state index contributed by atoms with van der Waals surface area (Å²) in [6.07, 6.45) is 2.05. The molecule has 12 heavy (non-hydrogen) atoms. The normalized spacial score (nSPS) is 10.2. The summed E-state index contributed by atoms with van der Waals surface area (Å²) < 4.78 is 1.16. The molecule has 1 rings (SSSR count). The lowest BCUT2D eigenvalue weighted by atomic mass is 10.1. The van der Waals surface area contributed by atoms with Crippen molar-refractivity contribution < 1.29 is 0 Å². The van der Waals surface area contributed by atoms with Crippen molar-refractivity contribution in [2.24, 2.45) is 5.73 Å². The maximum absolute atomic E-state index is 5.49. The summed E-state index contributed by atoms with van der Waals surface area (Å²) in [6, 6.07) is 6.50. The molecule has 0 fully saturated rings. The van der Waals surface area contributed by atoms with E-state index >= 15 is 0 Å². The van der Waals surface area contributed by atoms with E-state index in [1.807, 2.05) is 0 Å². The molecule has 0 bridgehead atoms. The monoisotopic (exact) mass is 227 g/mol. The van der Waals surface area contributed by atoms with Gasteiger partial charge in [-0.25, -0.2) is 0 Å². The van der Waals surface area contributed by atoms with Crippen LogP contribution in [0.3, 0.4) is 0 Å². The van der Waals surface area contributed by atoms with Crippen LogP contribution in [0, 0.1) is 0 Å². The molecule has 0 aliphatic carbocycles. The van der Waals surface area contributed by atoms with Crippen molar-refractivity contribution in [3.63, 3.8) is 0 Å². The minimum absolute atomic E-state index is 0.722. The first-order valence-corrected chi connectivity index (χ1v) is 5.04. The Morgan fingerprint density at radius 1 is 1.25 bits per heavy atom. The van der Waals surface area contributed by atoms with E-state index in [0.29, 0.717) is 0 Å². The Balaban J connectivity index is 2.90. The van der Waals surface area contributed by atoms with Gasteiger partial charge in [-0.15, -0.1) is 0 Å². The molecule has 0 unspecified atom stereocenters. The number of benzene rings is 1. The third-order valence-corrected chi connectivity index (χ3v) is 2.32. The predicted octanol–water partition coefficient (Wildman–Crippen LogP) is 2.51. The van der Waals surface area contributed by atoms with Crippen LogP contribution in [0.5, 0.6) is 0 Å². The Morgan fingerprint density at radius 2 is 1.92 bits per heavy atom. The Kier molecular flexibility index (Phi) is 3.76. The van der Waals surface area contributed by atoms with E-state index in [1.165, 1.54) is 11.1 Å². The van der Waals surface area contributed by atoms with Crippen LogP contribution >= 0.6 is 15.9 Å². The van der Waals surface area contributed by atoms with E-state index in [4.69, 9.17) is 5.73 Å². The molecule has 2 N–H and O–H groups in total. The fourth-order valence-corrected chi connectivity index (χ4v) is 1.82. The van der Waals surface area contributed by atoms with Crippen LogP contribution in [0.2, 0.25) is 0 Å². The summed E-state index contributed by atoms with van der Waals surface area (Å²) in [7, 11) is 0. The number of nitrogens with two attached hydrogens (primary N) is 1. The summed E-state index contributed by atoms with van der Waals surface area (Å²) in [5.74, 6) is 0. The molecule has 0 aromatic heterocycles. The zero-order valence-corrected chi connectivity index (χ0v) is 8.89. The maximum Gasteiger partial charge on any atom is 0.0180 e. The van der Waals surface area contributed by atoms with Gasteiger partial charge in [-0.3, -0.25) is 0 Å². The molecule has 0 aliphatic rings. The third kappa shape index (κ3) is 2.61. The number of hydrogen-bond acceptors (Lipinski definition) is 1. The van der Waals surface area contributed by atoms with Gasteiger partial charge >= 0.3 is 0 Å². The molecule has 0 spiro atoms. The van der Waals surface area contributed by atoms with Gasteiger partial charge in [-0.2, -0.15) is 0 Å². The smallest absolute Gasteiger partial charge is 0.0180 e. The highest BCUT2D eigenvalue weighted by Crippen LogP contribution is 2.16.